The van der Waals surface area contributed by atoms with Crippen molar-refractivity contribution in [1.82, 2.24) is 4.57 Å². The van der Waals surface area contributed by atoms with Crippen LogP contribution in [0.15, 0.2) is 157 Å². The Morgan fingerprint density at radius 1 is 0.544 bits per heavy atom. The Labute approximate surface area is 346 Å². The fourth-order valence-corrected chi connectivity index (χ4v) is 14.3. The lowest BCUT2D eigenvalue weighted by Crippen LogP contribution is -2.00. The highest BCUT2D eigenvalue weighted by atomic mass is 32.1. The second-order valence-corrected chi connectivity index (χ2v) is 19.5. The van der Waals surface area contributed by atoms with Crippen LogP contribution in [0.2, 0.25) is 0 Å². The number of hydrogen-bond donors (Lipinski definition) is 0. The summed E-state index contributed by atoms with van der Waals surface area (Å²) in [5, 5.41) is 6.74. The maximum atomic E-state index is 2.51. The van der Waals surface area contributed by atoms with Crippen LogP contribution in [0.3, 0.4) is 0 Å². The molecule has 272 valence electrons. The van der Waals surface area contributed by atoms with Crippen LogP contribution in [0.5, 0.6) is 0 Å². The predicted molar refractivity (Wildman–Crippen MR) is 256 cm³/mol. The first-order chi connectivity index (χ1) is 28.1. The number of fused-ring (bicyclic) bond motifs is 11. The minimum absolute atomic E-state index is 1.08. The van der Waals surface area contributed by atoms with E-state index in [1.165, 1.54) is 120 Å². The molecule has 0 aliphatic heterocycles. The summed E-state index contributed by atoms with van der Waals surface area (Å²) < 4.78 is 13.5. The quantitative estimate of drug-likeness (QED) is 0.163. The maximum absolute atomic E-state index is 2.51. The van der Waals surface area contributed by atoms with Gasteiger partial charge in [0.25, 0.3) is 0 Å². The van der Waals surface area contributed by atoms with Crippen molar-refractivity contribution in [3.05, 3.63) is 168 Å². The highest BCUT2D eigenvalue weighted by molar-refractivity contribution is 7.37. The van der Waals surface area contributed by atoms with Crippen LogP contribution in [-0.2, 0) is 0 Å². The second kappa shape index (κ2) is 13.0. The Hall–Kier alpha value is -5.56. The van der Waals surface area contributed by atoms with E-state index in [-0.39, 0.29) is 0 Å². The Morgan fingerprint density at radius 2 is 1.07 bits per heavy atom. The van der Waals surface area contributed by atoms with Crippen molar-refractivity contribution in [3.63, 3.8) is 0 Å². The van der Waals surface area contributed by atoms with Crippen molar-refractivity contribution in [3.8, 4) is 27.9 Å². The van der Waals surface area contributed by atoms with Gasteiger partial charge in [0.05, 0.1) is 30.0 Å². The van der Waals surface area contributed by atoms with Crippen molar-refractivity contribution >= 4 is 121 Å². The average Bonchev–Trinajstić information content (AvgIpc) is 4.05. The average molecular weight is 802 g/mol. The normalized spacial score (nSPS) is 13.8. The van der Waals surface area contributed by atoms with Gasteiger partial charge in [-0.25, -0.2) is 0 Å². The highest BCUT2D eigenvalue weighted by Crippen LogP contribution is 2.47. The largest absolute Gasteiger partial charge is 0.310 e. The van der Waals surface area contributed by atoms with E-state index in [1.54, 1.807) is 0 Å². The van der Waals surface area contributed by atoms with Gasteiger partial charge < -0.3 is 4.57 Å². The van der Waals surface area contributed by atoms with Gasteiger partial charge in [0, 0.05) is 51.4 Å². The van der Waals surface area contributed by atoms with Gasteiger partial charge in [-0.05, 0) is 120 Å². The minimum atomic E-state index is 1.08. The number of allylic oxidation sites excluding steroid dienone is 5. The number of rotatable bonds is 5. The number of thiophene rings is 4. The van der Waals surface area contributed by atoms with Gasteiger partial charge in [-0.15, -0.1) is 45.3 Å². The molecule has 0 saturated carbocycles. The van der Waals surface area contributed by atoms with E-state index in [4.69, 9.17) is 0 Å². The molecule has 57 heavy (non-hydrogen) atoms. The van der Waals surface area contributed by atoms with Crippen molar-refractivity contribution in [2.45, 2.75) is 26.7 Å². The van der Waals surface area contributed by atoms with Gasteiger partial charge >= 0.3 is 0 Å². The predicted octanol–water partition coefficient (Wildman–Crippen LogP) is 17.1. The Bertz CT molecular complexity index is 3380. The van der Waals surface area contributed by atoms with Crippen molar-refractivity contribution in [1.29, 1.82) is 0 Å². The molecule has 0 fully saturated rings. The molecule has 0 bridgehead atoms. The van der Waals surface area contributed by atoms with Crippen LogP contribution in [0.1, 0.15) is 31.0 Å². The van der Waals surface area contributed by atoms with Gasteiger partial charge in [0.1, 0.15) is 0 Å². The molecule has 0 amide bonds. The first kappa shape index (κ1) is 33.6. The van der Waals surface area contributed by atoms with E-state index in [9.17, 15) is 0 Å². The summed E-state index contributed by atoms with van der Waals surface area (Å²) in [6.45, 7) is 4.57. The van der Waals surface area contributed by atoms with E-state index < -0.39 is 0 Å². The zero-order chi connectivity index (χ0) is 37.8. The Kier molecular flexibility index (Phi) is 7.65. The fourth-order valence-electron chi connectivity index (χ4n) is 8.94. The fraction of sp³-hybridized carbons (Fsp3) is 0.0769. The molecule has 0 spiro atoms. The monoisotopic (exact) mass is 801 g/mol. The molecule has 1 aliphatic rings. The molecule has 11 aromatic rings. The maximum Gasteiger partial charge on any atom is 0.0542 e. The SMILES string of the molecule is C/C(=C\c1c(C)c2ccccc2n1-c1cc(-c2ccc3c(c2)sc2c4ccccc4sc32)cc(-c2ccc3c(c2)sc2c4ccccc4sc32)c1)C1=CC=CCC1. The lowest BCUT2D eigenvalue weighted by molar-refractivity contribution is 0.970. The lowest BCUT2D eigenvalue weighted by atomic mass is 9.96. The molecular formula is C52H35NS4. The standard InChI is InChI=1S/C52H35NS4/c1-30(32-12-4-3-5-13-32)24-44-31(2)38-14-6-9-17-43(38)53(44)37-26-35(33-20-22-41-47(28-33)56-49-39-15-7-10-18-45(39)54-51(41)49)25-36(27-37)34-21-23-42-48(29-34)57-50-40-16-8-11-19-46(40)55-52(42)50/h3-4,6-12,14-29H,5,13H2,1-2H3/b30-24+. The van der Waals surface area contributed by atoms with E-state index in [1.807, 2.05) is 45.3 Å². The van der Waals surface area contributed by atoms with E-state index in [0.717, 1.165) is 12.8 Å². The summed E-state index contributed by atoms with van der Waals surface area (Å²) in [5.41, 5.74) is 12.7. The zero-order valence-electron chi connectivity index (χ0n) is 31.4. The van der Waals surface area contributed by atoms with E-state index in [2.05, 4.69) is 170 Å². The zero-order valence-corrected chi connectivity index (χ0v) is 34.7. The number of nitrogens with zero attached hydrogens (tertiary/aromatic N) is 1. The van der Waals surface area contributed by atoms with Gasteiger partial charge in [-0.2, -0.15) is 0 Å². The minimum Gasteiger partial charge on any atom is -0.310 e. The van der Waals surface area contributed by atoms with E-state index in [0.29, 0.717) is 0 Å². The molecule has 12 rings (SSSR count). The summed E-state index contributed by atoms with van der Waals surface area (Å²) in [6.07, 6.45) is 11.4. The number of aromatic nitrogens is 1. The third-order valence-electron chi connectivity index (χ3n) is 11.9. The van der Waals surface area contributed by atoms with E-state index >= 15 is 0 Å². The molecule has 0 unspecified atom stereocenters. The molecule has 0 atom stereocenters. The number of aryl methyl sites for hydroxylation is 1. The molecule has 0 N–H and O–H groups in total. The van der Waals surface area contributed by atoms with Gasteiger partial charge in [-0.1, -0.05) is 97.1 Å². The lowest BCUT2D eigenvalue weighted by Gasteiger charge is -2.16. The smallest absolute Gasteiger partial charge is 0.0542 e. The molecule has 1 nitrogen and oxygen atoms in total. The molecule has 5 heterocycles. The Balaban J connectivity index is 1.09. The van der Waals surface area contributed by atoms with Crippen molar-refractivity contribution < 1.29 is 0 Å². The second-order valence-electron chi connectivity index (χ2n) is 15.3. The number of para-hydroxylation sites is 1. The summed E-state index contributed by atoms with van der Waals surface area (Å²) in [5.74, 6) is 0. The molecule has 5 heteroatoms. The van der Waals surface area contributed by atoms with Crippen LogP contribution in [0, 0.1) is 6.92 Å². The third-order valence-corrected chi connectivity index (χ3v) is 16.9. The first-order valence-electron chi connectivity index (χ1n) is 19.5. The summed E-state index contributed by atoms with van der Waals surface area (Å²) in [4.78, 5) is 0. The molecule has 0 radical (unpaired) electrons. The van der Waals surface area contributed by atoms with Crippen LogP contribution < -0.4 is 0 Å². The van der Waals surface area contributed by atoms with Crippen LogP contribution in [0.25, 0.3) is 104 Å². The molecule has 5 aromatic heterocycles. The van der Waals surface area contributed by atoms with Crippen LogP contribution >= 0.6 is 45.3 Å². The summed E-state index contributed by atoms with van der Waals surface area (Å²) in [6, 6.07) is 48.1. The topological polar surface area (TPSA) is 4.93 Å². The molecular weight excluding hydrogens is 767 g/mol. The van der Waals surface area contributed by atoms with Crippen LogP contribution in [0.4, 0.5) is 0 Å². The third kappa shape index (κ3) is 5.30. The highest BCUT2D eigenvalue weighted by Gasteiger charge is 2.19. The van der Waals surface area contributed by atoms with Gasteiger partial charge in [0.2, 0.25) is 0 Å². The van der Waals surface area contributed by atoms with Crippen molar-refractivity contribution in [2.24, 2.45) is 0 Å². The molecule has 0 saturated heterocycles. The first-order valence-corrected chi connectivity index (χ1v) is 22.8. The summed E-state index contributed by atoms with van der Waals surface area (Å²) >= 11 is 7.70. The van der Waals surface area contributed by atoms with Gasteiger partial charge in [-0.3, -0.25) is 0 Å². The van der Waals surface area contributed by atoms with Crippen molar-refractivity contribution in [2.75, 3.05) is 0 Å². The summed E-state index contributed by atoms with van der Waals surface area (Å²) in [7, 11) is 0. The van der Waals surface area contributed by atoms with Crippen LogP contribution in [-0.4, -0.2) is 4.57 Å². The van der Waals surface area contributed by atoms with Gasteiger partial charge in [0.15, 0.2) is 0 Å². The number of hydrogen-bond acceptors (Lipinski definition) is 4. The molecule has 1 aliphatic carbocycles. The molecule has 6 aromatic carbocycles. The number of benzene rings is 6. The Morgan fingerprint density at radius 3 is 1.65 bits per heavy atom.